The predicted molar refractivity (Wildman–Crippen MR) is 134 cm³/mol. The number of pyridine rings is 1. The zero-order valence-corrected chi connectivity index (χ0v) is 20.5. The Labute approximate surface area is 200 Å². The van der Waals surface area contributed by atoms with Crippen molar-refractivity contribution < 1.29 is 9.53 Å². The molecule has 1 amide bonds. The van der Waals surface area contributed by atoms with Gasteiger partial charge in [-0.25, -0.2) is 14.5 Å². The highest BCUT2D eigenvalue weighted by Gasteiger charge is 2.47. The Morgan fingerprint density at radius 1 is 1.18 bits per heavy atom. The molecule has 0 aliphatic carbocycles. The largest absolute Gasteiger partial charge is 0.444 e. The summed E-state index contributed by atoms with van der Waals surface area (Å²) in [6, 6.07) is 10.8. The summed E-state index contributed by atoms with van der Waals surface area (Å²) in [7, 11) is 0. The van der Waals surface area contributed by atoms with E-state index < -0.39 is 5.60 Å². The molecule has 3 aromatic rings. The van der Waals surface area contributed by atoms with E-state index in [4.69, 9.17) is 10.5 Å². The molecule has 0 unspecified atom stereocenters. The number of fused-ring (bicyclic) bond motifs is 3. The molecule has 2 bridgehead atoms. The first-order chi connectivity index (χ1) is 16.2. The molecule has 0 radical (unpaired) electrons. The van der Waals surface area contributed by atoms with Crippen LogP contribution in [0.1, 0.15) is 52.5 Å². The van der Waals surface area contributed by atoms with Crippen molar-refractivity contribution in [3.8, 4) is 5.69 Å². The number of likely N-dealkylation sites (tertiary alicyclic amines) is 1. The number of unbranched alkanes of at least 4 members (excludes halogenated alkanes) is 1. The van der Waals surface area contributed by atoms with Crippen LogP contribution in [0.15, 0.2) is 36.5 Å². The third-order valence-electron chi connectivity index (χ3n) is 6.73. The Morgan fingerprint density at radius 2 is 2.00 bits per heavy atom. The summed E-state index contributed by atoms with van der Waals surface area (Å²) in [5.74, 6) is 1.43. The Bertz CT molecular complexity index is 1210. The van der Waals surface area contributed by atoms with Crippen molar-refractivity contribution in [3.05, 3.63) is 42.1 Å². The van der Waals surface area contributed by atoms with E-state index in [0.29, 0.717) is 12.4 Å². The highest BCUT2D eigenvalue weighted by Crippen LogP contribution is 2.35. The molecule has 0 saturated carbocycles. The Balaban J connectivity index is 1.39. The summed E-state index contributed by atoms with van der Waals surface area (Å²) >= 11 is 0. The number of aryl methyl sites for hydroxylation is 1. The normalized spacial score (nSPS) is 19.9. The number of benzene rings is 1. The minimum absolute atomic E-state index is 0.146. The molecule has 5 rings (SSSR count). The molecular formula is C26H34N6O2. The van der Waals surface area contributed by atoms with Gasteiger partial charge in [0.15, 0.2) is 5.82 Å². The fourth-order valence-corrected chi connectivity index (χ4v) is 5.11. The van der Waals surface area contributed by atoms with E-state index in [-0.39, 0.29) is 18.2 Å². The summed E-state index contributed by atoms with van der Waals surface area (Å²) in [6.07, 6.45) is 5.91. The number of anilines is 2. The number of hydrogen-bond acceptors (Lipinski definition) is 6. The molecule has 2 aliphatic rings. The zero-order chi connectivity index (χ0) is 24.0. The van der Waals surface area contributed by atoms with Crippen molar-refractivity contribution in [2.75, 3.05) is 23.7 Å². The van der Waals surface area contributed by atoms with Crippen LogP contribution in [0, 0.1) is 0 Å². The third kappa shape index (κ3) is 4.17. The van der Waals surface area contributed by atoms with Gasteiger partial charge in [0.25, 0.3) is 0 Å². The van der Waals surface area contributed by atoms with Gasteiger partial charge < -0.3 is 20.3 Å². The minimum Gasteiger partial charge on any atom is -0.444 e. The first-order valence-corrected chi connectivity index (χ1v) is 12.2. The molecule has 4 heterocycles. The first-order valence-electron chi connectivity index (χ1n) is 12.2. The fraction of sp³-hybridized carbons (Fsp3) is 0.500. The second kappa shape index (κ2) is 8.49. The van der Waals surface area contributed by atoms with E-state index in [0.717, 1.165) is 54.6 Å². The smallest absolute Gasteiger partial charge is 0.410 e. The standard InChI is InChI=1S/C26H34N6O2/c1-5-6-7-17-8-9-21-22(12-17)32(29-24(21)27)18-10-11-28-23(14-18)30-15-20-13-19(30)16-31(20)25(33)34-26(2,3)4/h8-12,14,19-20H,5-7,13,15-16H2,1-4H3,(H2,27,29)/t19-,20-/m0/s1. The summed E-state index contributed by atoms with van der Waals surface area (Å²) in [4.78, 5) is 21.4. The Kier molecular flexibility index (Phi) is 5.62. The van der Waals surface area contributed by atoms with E-state index in [9.17, 15) is 4.79 Å². The van der Waals surface area contributed by atoms with E-state index in [1.807, 2.05) is 42.6 Å². The van der Waals surface area contributed by atoms with Gasteiger partial charge in [0.2, 0.25) is 0 Å². The maximum Gasteiger partial charge on any atom is 0.410 e. The van der Waals surface area contributed by atoms with E-state index in [2.05, 4.69) is 46.2 Å². The van der Waals surface area contributed by atoms with Crippen molar-refractivity contribution in [2.24, 2.45) is 0 Å². The molecule has 8 nitrogen and oxygen atoms in total. The molecule has 34 heavy (non-hydrogen) atoms. The summed E-state index contributed by atoms with van der Waals surface area (Å²) in [5.41, 5.74) is 9.01. The third-order valence-corrected chi connectivity index (χ3v) is 6.73. The van der Waals surface area contributed by atoms with Gasteiger partial charge in [0.1, 0.15) is 11.4 Å². The topological polar surface area (TPSA) is 89.5 Å². The molecular weight excluding hydrogens is 428 g/mol. The minimum atomic E-state index is -0.487. The van der Waals surface area contributed by atoms with Crippen LogP contribution in [-0.2, 0) is 11.2 Å². The van der Waals surface area contributed by atoms with Crippen LogP contribution in [0.25, 0.3) is 16.6 Å². The SMILES string of the molecule is CCCCc1ccc2c(N)nn(-c3ccnc(N4C[C@@H]5C[C@H]4CN5C(=O)OC(C)(C)C)c3)c2c1. The Morgan fingerprint density at radius 3 is 2.71 bits per heavy atom. The van der Waals surface area contributed by atoms with E-state index in [1.54, 1.807) is 0 Å². The maximum atomic E-state index is 12.6. The van der Waals surface area contributed by atoms with Gasteiger partial charge in [-0.05, 0) is 63.8 Å². The molecule has 2 aromatic heterocycles. The lowest BCUT2D eigenvalue weighted by Crippen LogP contribution is -2.50. The van der Waals surface area contributed by atoms with Gasteiger partial charge >= 0.3 is 6.09 Å². The molecule has 180 valence electrons. The number of nitrogen functional groups attached to an aromatic ring is 1. The molecule has 2 N–H and O–H groups in total. The first kappa shape index (κ1) is 22.5. The highest BCUT2D eigenvalue weighted by atomic mass is 16.6. The van der Waals surface area contributed by atoms with Crippen LogP contribution in [-0.4, -0.2) is 56.5 Å². The van der Waals surface area contributed by atoms with Crippen LogP contribution in [0.4, 0.5) is 16.4 Å². The van der Waals surface area contributed by atoms with Crippen molar-refractivity contribution >= 4 is 28.6 Å². The number of amides is 1. The van der Waals surface area contributed by atoms with Gasteiger partial charge in [-0.15, -0.1) is 5.10 Å². The molecule has 2 fully saturated rings. The molecule has 1 aromatic carbocycles. The van der Waals surface area contributed by atoms with Crippen LogP contribution in [0.5, 0.6) is 0 Å². The number of piperazine rings is 1. The van der Waals surface area contributed by atoms with Gasteiger partial charge in [-0.1, -0.05) is 19.4 Å². The second-order valence-corrected chi connectivity index (χ2v) is 10.5. The average molecular weight is 463 g/mol. The Hall–Kier alpha value is -3.29. The number of nitrogens with zero attached hydrogens (tertiary/aromatic N) is 5. The lowest BCUT2D eigenvalue weighted by molar-refractivity contribution is 0.0214. The zero-order valence-electron chi connectivity index (χ0n) is 20.5. The highest BCUT2D eigenvalue weighted by molar-refractivity contribution is 5.90. The van der Waals surface area contributed by atoms with Crippen molar-refractivity contribution in [1.82, 2.24) is 19.7 Å². The van der Waals surface area contributed by atoms with Crippen molar-refractivity contribution in [2.45, 2.75) is 71.1 Å². The average Bonchev–Trinajstić information content (AvgIpc) is 3.49. The number of ether oxygens (including phenoxy) is 1. The van der Waals surface area contributed by atoms with Gasteiger partial charge in [-0.3, -0.25) is 0 Å². The van der Waals surface area contributed by atoms with E-state index in [1.165, 1.54) is 5.56 Å². The number of hydrogen-bond donors (Lipinski definition) is 1. The quantitative estimate of drug-likeness (QED) is 0.599. The number of rotatable bonds is 5. The lowest BCUT2D eigenvalue weighted by atomic mass is 10.1. The molecule has 2 aliphatic heterocycles. The number of carbonyl (C=O) groups is 1. The lowest BCUT2D eigenvalue weighted by Gasteiger charge is -2.35. The molecule has 2 saturated heterocycles. The molecule has 2 atom stereocenters. The van der Waals surface area contributed by atoms with Crippen molar-refractivity contribution in [1.29, 1.82) is 0 Å². The predicted octanol–water partition coefficient (Wildman–Crippen LogP) is 4.54. The number of nitrogens with two attached hydrogens (primary N) is 1. The summed E-state index contributed by atoms with van der Waals surface area (Å²) < 4.78 is 7.52. The van der Waals surface area contributed by atoms with Crippen molar-refractivity contribution in [3.63, 3.8) is 0 Å². The van der Waals surface area contributed by atoms with Crippen LogP contribution in [0.3, 0.4) is 0 Å². The molecule has 8 heteroatoms. The number of carbonyl (C=O) groups excluding carboxylic acids is 1. The second-order valence-electron chi connectivity index (χ2n) is 10.5. The van der Waals surface area contributed by atoms with Crippen LogP contribution >= 0.6 is 0 Å². The number of aromatic nitrogens is 3. The van der Waals surface area contributed by atoms with Gasteiger partial charge in [0.05, 0.1) is 23.3 Å². The summed E-state index contributed by atoms with van der Waals surface area (Å²) in [5, 5.41) is 5.61. The fourth-order valence-electron chi connectivity index (χ4n) is 5.11. The van der Waals surface area contributed by atoms with Gasteiger partial charge in [0, 0.05) is 30.7 Å². The summed E-state index contributed by atoms with van der Waals surface area (Å²) in [6.45, 7) is 9.32. The van der Waals surface area contributed by atoms with Gasteiger partial charge in [-0.2, -0.15) is 0 Å². The van der Waals surface area contributed by atoms with E-state index >= 15 is 0 Å². The van der Waals surface area contributed by atoms with Crippen LogP contribution in [0.2, 0.25) is 0 Å². The van der Waals surface area contributed by atoms with Crippen LogP contribution < -0.4 is 10.6 Å². The molecule has 0 spiro atoms. The monoisotopic (exact) mass is 462 g/mol. The maximum absolute atomic E-state index is 12.6.